The molecule has 0 amide bonds. The molecule has 6 nitrogen and oxygen atoms in total. The first-order valence-corrected chi connectivity index (χ1v) is 6.81. The summed E-state index contributed by atoms with van der Waals surface area (Å²) in [5, 5.41) is 15.2. The van der Waals surface area contributed by atoms with Gasteiger partial charge in [-0.15, -0.1) is 5.10 Å². The van der Waals surface area contributed by atoms with Crippen LogP contribution in [0.3, 0.4) is 0 Å². The smallest absolute Gasteiger partial charge is 0.309 e. The number of nitrogens with zero attached hydrogens (tertiary/aromatic N) is 4. The van der Waals surface area contributed by atoms with Crippen molar-refractivity contribution in [3.05, 3.63) is 48.5 Å². The summed E-state index contributed by atoms with van der Waals surface area (Å²) in [6.45, 7) is 0. The fourth-order valence-corrected chi connectivity index (χ4v) is 2.27. The third-order valence-electron chi connectivity index (χ3n) is 2.58. The van der Waals surface area contributed by atoms with Crippen molar-refractivity contribution in [3.63, 3.8) is 0 Å². The number of nitriles is 1. The van der Waals surface area contributed by atoms with E-state index in [-0.39, 0.29) is 6.02 Å². The van der Waals surface area contributed by atoms with Gasteiger partial charge in [0.05, 0.1) is 10.4 Å². The monoisotopic (exact) mass is 295 g/mol. The Morgan fingerprint density at radius 3 is 2.90 bits per heavy atom. The number of aliphatic imine (C=N–C) groups is 1. The van der Waals surface area contributed by atoms with Crippen LogP contribution in [-0.2, 0) is 0 Å². The van der Waals surface area contributed by atoms with E-state index < -0.39 is 0 Å². The van der Waals surface area contributed by atoms with Crippen molar-refractivity contribution in [2.75, 3.05) is 0 Å². The lowest BCUT2D eigenvalue weighted by Gasteiger charge is -2.06. The Bertz CT molecular complexity index is 822. The van der Waals surface area contributed by atoms with Gasteiger partial charge in [-0.2, -0.15) is 10.3 Å². The van der Waals surface area contributed by atoms with Gasteiger partial charge in [0.15, 0.2) is 6.19 Å². The van der Waals surface area contributed by atoms with Crippen LogP contribution >= 0.6 is 11.5 Å². The standard InChI is InChI=1S/C14H9N5OS/c15-9-16-14(20-11-4-2-1-3-5-11)17-10-6-7-12-13(8-10)21-19-18-12/h1-8H,(H,16,17). The molecule has 7 heteroatoms. The van der Waals surface area contributed by atoms with E-state index >= 15 is 0 Å². The molecule has 3 rings (SSSR count). The molecule has 1 heterocycles. The molecule has 0 unspecified atom stereocenters. The van der Waals surface area contributed by atoms with E-state index in [1.54, 1.807) is 18.2 Å². The Morgan fingerprint density at radius 1 is 1.24 bits per heavy atom. The highest BCUT2D eigenvalue weighted by molar-refractivity contribution is 7.12. The number of hydrogen-bond donors (Lipinski definition) is 1. The van der Waals surface area contributed by atoms with Crippen molar-refractivity contribution in [2.24, 2.45) is 4.99 Å². The number of fused-ring (bicyclic) bond motifs is 1. The summed E-state index contributed by atoms with van der Waals surface area (Å²) >= 11 is 1.29. The first kappa shape index (κ1) is 13.0. The number of rotatable bonds is 2. The minimum Gasteiger partial charge on any atom is -0.425 e. The molecule has 0 radical (unpaired) electrons. The summed E-state index contributed by atoms with van der Waals surface area (Å²) < 4.78 is 10.3. The molecule has 102 valence electrons. The molecular formula is C14H9N5OS. The lowest BCUT2D eigenvalue weighted by molar-refractivity contribution is 0.531. The molecule has 1 N–H and O–H groups in total. The fourth-order valence-electron chi connectivity index (χ4n) is 1.68. The van der Waals surface area contributed by atoms with Gasteiger partial charge in [-0.1, -0.05) is 22.7 Å². The van der Waals surface area contributed by atoms with Gasteiger partial charge in [0.25, 0.3) is 0 Å². The van der Waals surface area contributed by atoms with Crippen LogP contribution in [-0.4, -0.2) is 15.6 Å². The second-order valence-corrected chi connectivity index (χ2v) is 4.78. The van der Waals surface area contributed by atoms with Gasteiger partial charge in [-0.3, -0.25) is 0 Å². The molecule has 0 fully saturated rings. The van der Waals surface area contributed by atoms with Gasteiger partial charge in [-0.25, -0.2) is 5.32 Å². The summed E-state index contributed by atoms with van der Waals surface area (Å²) in [7, 11) is 0. The molecule has 0 saturated heterocycles. The summed E-state index contributed by atoms with van der Waals surface area (Å²) in [6.07, 6.45) is 1.81. The lowest BCUT2D eigenvalue weighted by Crippen LogP contribution is -2.23. The van der Waals surface area contributed by atoms with Crippen molar-refractivity contribution < 1.29 is 4.74 Å². The van der Waals surface area contributed by atoms with Gasteiger partial charge >= 0.3 is 6.02 Å². The highest BCUT2D eigenvalue weighted by Crippen LogP contribution is 2.22. The highest BCUT2D eigenvalue weighted by atomic mass is 32.1. The fraction of sp³-hybridized carbons (Fsp3) is 0. The van der Waals surface area contributed by atoms with Gasteiger partial charge in [-0.05, 0) is 41.9 Å². The second-order valence-electron chi connectivity index (χ2n) is 3.99. The zero-order valence-electron chi connectivity index (χ0n) is 10.7. The Morgan fingerprint density at radius 2 is 2.10 bits per heavy atom. The Kier molecular flexibility index (Phi) is 3.71. The van der Waals surface area contributed by atoms with Crippen LogP contribution in [0.5, 0.6) is 5.75 Å². The predicted molar refractivity (Wildman–Crippen MR) is 80.3 cm³/mol. The van der Waals surface area contributed by atoms with Gasteiger partial charge in [0, 0.05) is 0 Å². The molecule has 0 aliphatic rings. The van der Waals surface area contributed by atoms with Crippen LogP contribution in [0.25, 0.3) is 10.2 Å². The first-order chi connectivity index (χ1) is 10.3. The van der Waals surface area contributed by atoms with Gasteiger partial charge < -0.3 is 4.74 Å². The van der Waals surface area contributed by atoms with Crippen LogP contribution in [0, 0.1) is 11.5 Å². The molecule has 0 bridgehead atoms. The van der Waals surface area contributed by atoms with Gasteiger partial charge in [0.2, 0.25) is 0 Å². The molecule has 0 saturated carbocycles. The second kappa shape index (κ2) is 5.98. The van der Waals surface area contributed by atoms with Gasteiger partial charge in [0.1, 0.15) is 11.3 Å². The first-order valence-electron chi connectivity index (χ1n) is 6.04. The van der Waals surface area contributed by atoms with E-state index in [1.807, 2.05) is 36.5 Å². The van der Waals surface area contributed by atoms with E-state index in [2.05, 4.69) is 19.9 Å². The molecule has 0 aliphatic heterocycles. The zero-order chi connectivity index (χ0) is 14.5. The Hall–Kier alpha value is -2.98. The van der Waals surface area contributed by atoms with E-state index in [4.69, 9.17) is 10.00 Å². The molecule has 0 atom stereocenters. The van der Waals surface area contributed by atoms with Crippen LogP contribution in [0.4, 0.5) is 5.69 Å². The number of amidine groups is 1. The van der Waals surface area contributed by atoms with Crippen LogP contribution in [0.2, 0.25) is 0 Å². The number of benzene rings is 2. The molecular weight excluding hydrogens is 286 g/mol. The topological polar surface area (TPSA) is 83.2 Å². The van der Waals surface area contributed by atoms with E-state index in [0.29, 0.717) is 11.4 Å². The molecule has 0 spiro atoms. The van der Waals surface area contributed by atoms with Crippen molar-refractivity contribution in [3.8, 4) is 11.9 Å². The Balaban J connectivity index is 1.90. The van der Waals surface area contributed by atoms with Crippen molar-refractivity contribution in [1.82, 2.24) is 14.9 Å². The molecule has 2 aromatic carbocycles. The van der Waals surface area contributed by atoms with Crippen LogP contribution in [0.15, 0.2) is 53.5 Å². The number of ether oxygens (including phenoxy) is 1. The third kappa shape index (κ3) is 3.13. The largest absolute Gasteiger partial charge is 0.425 e. The van der Waals surface area contributed by atoms with Crippen molar-refractivity contribution >= 4 is 33.5 Å². The zero-order valence-corrected chi connectivity index (χ0v) is 11.5. The van der Waals surface area contributed by atoms with Crippen LogP contribution < -0.4 is 10.1 Å². The van der Waals surface area contributed by atoms with E-state index in [0.717, 1.165) is 10.2 Å². The van der Waals surface area contributed by atoms with E-state index in [1.165, 1.54) is 11.5 Å². The Labute approximate surface area is 124 Å². The summed E-state index contributed by atoms with van der Waals surface area (Å²) in [6, 6.07) is 14.7. The average molecular weight is 295 g/mol. The quantitative estimate of drug-likeness (QED) is 0.340. The van der Waals surface area contributed by atoms with Crippen molar-refractivity contribution in [1.29, 1.82) is 5.26 Å². The molecule has 3 aromatic rings. The maximum atomic E-state index is 8.79. The highest BCUT2D eigenvalue weighted by Gasteiger charge is 2.04. The molecule has 0 aliphatic carbocycles. The summed E-state index contributed by atoms with van der Waals surface area (Å²) in [4.78, 5) is 4.29. The number of aromatic nitrogens is 2. The third-order valence-corrected chi connectivity index (χ3v) is 3.27. The SMILES string of the molecule is N#CNC(=Nc1ccc2nnsc2c1)Oc1ccccc1. The molecule has 1 aromatic heterocycles. The minimum atomic E-state index is 0.112. The van der Waals surface area contributed by atoms with E-state index in [9.17, 15) is 0 Å². The number of para-hydroxylation sites is 1. The minimum absolute atomic E-state index is 0.112. The summed E-state index contributed by atoms with van der Waals surface area (Å²) in [5.41, 5.74) is 1.47. The van der Waals surface area contributed by atoms with Crippen LogP contribution in [0.1, 0.15) is 0 Å². The van der Waals surface area contributed by atoms with Crippen molar-refractivity contribution in [2.45, 2.75) is 0 Å². The number of nitrogens with one attached hydrogen (secondary N) is 1. The summed E-state index contributed by atoms with van der Waals surface area (Å²) in [5.74, 6) is 0.597. The average Bonchev–Trinajstić information content (AvgIpc) is 2.96. The number of hydrogen-bond acceptors (Lipinski definition) is 6. The molecule has 21 heavy (non-hydrogen) atoms. The lowest BCUT2D eigenvalue weighted by atomic mass is 10.3. The maximum absolute atomic E-state index is 8.79. The maximum Gasteiger partial charge on any atom is 0.309 e. The normalized spacial score (nSPS) is 11.1. The predicted octanol–water partition coefficient (Wildman–Crippen LogP) is 2.83.